The average molecular weight is 390 g/mol. The maximum Gasteiger partial charge on any atom is 0.202 e. The second-order valence-electron chi connectivity index (χ2n) is 7.42. The van der Waals surface area contributed by atoms with E-state index in [9.17, 15) is 24.6 Å². The molecule has 0 saturated heterocycles. The lowest BCUT2D eigenvalue weighted by molar-refractivity contribution is 0.0375. The van der Waals surface area contributed by atoms with Crippen molar-refractivity contribution in [1.82, 2.24) is 0 Å². The molecule has 1 aliphatic carbocycles. The smallest absolute Gasteiger partial charge is 0.202 e. The number of aryl methyl sites for hydroxylation is 1. The first kappa shape index (κ1) is 18.8. The minimum Gasteiger partial charge on any atom is -0.507 e. The minimum absolute atomic E-state index is 0.0361. The van der Waals surface area contributed by atoms with Gasteiger partial charge in [0.05, 0.1) is 16.5 Å². The Morgan fingerprint density at radius 1 is 1.10 bits per heavy atom. The molecule has 146 valence electrons. The van der Waals surface area contributed by atoms with Gasteiger partial charge >= 0.3 is 0 Å². The van der Waals surface area contributed by atoms with Crippen LogP contribution in [0.4, 0.5) is 0 Å². The molecule has 1 unspecified atom stereocenters. The van der Waals surface area contributed by atoms with E-state index in [1.165, 1.54) is 43.3 Å². The molecule has 3 aromatic rings. The fourth-order valence-corrected chi connectivity index (χ4v) is 3.82. The third-order valence-electron chi connectivity index (χ3n) is 5.26. The van der Waals surface area contributed by atoms with Gasteiger partial charge in [-0.3, -0.25) is 14.4 Å². The van der Waals surface area contributed by atoms with Crippen LogP contribution in [0.25, 0.3) is 11.0 Å². The Bertz CT molecular complexity index is 1290. The van der Waals surface area contributed by atoms with Crippen molar-refractivity contribution in [2.45, 2.75) is 25.9 Å². The summed E-state index contributed by atoms with van der Waals surface area (Å²) in [5.74, 6) is -1.41. The number of benzene rings is 2. The van der Waals surface area contributed by atoms with Gasteiger partial charge in [-0.1, -0.05) is 18.2 Å². The summed E-state index contributed by atoms with van der Waals surface area (Å²) in [5.41, 5.74) is -1.56. The number of hydrogen-bond acceptors (Lipinski definition) is 6. The van der Waals surface area contributed by atoms with Gasteiger partial charge in [-0.2, -0.15) is 0 Å². The molecule has 6 heteroatoms. The van der Waals surface area contributed by atoms with Gasteiger partial charge in [0.15, 0.2) is 11.2 Å². The lowest BCUT2D eigenvalue weighted by atomic mass is 9.81. The maximum absolute atomic E-state index is 13.2. The fraction of sp³-hybridized carbons (Fsp3) is 0.174. The van der Waals surface area contributed by atoms with E-state index in [-0.39, 0.29) is 51.2 Å². The number of aliphatic hydroxyl groups is 1. The highest BCUT2D eigenvalue weighted by Gasteiger charge is 2.36. The van der Waals surface area contributed by atoms with Crippen LogP contribution >= 0.6 is 0 Å². The number of aromatic hydroxyl groups is 1. The number of rotatable bonds is 3. The molecule has 1 heterocycles. The number of phenolic OH excluding ortho intramolecular Hbond substituents is 1. The van der Waals surface area contributed by atoms with Gasteiger partial charge in [-0.25, -0.2) is 0 Å². The molecule has 0 bridgehead atoms. The topological polar surface area (TPSA) is 105 Å². The third kappa shape index (κ3) is 2.64. The molecule has 1 atom stereocenters. The van der Waals surface area contributed by atoms with Crippen molar-refractivity contribution < 1.29 is 24.2 Å². The van der Waals surface area contributed by atoms with E-state index in [0.717, 1.165) is 0 Å². The van der Waals surface area contributed by atoms with Crippen LogP contribution in [0, 0.1) is 6.92 Å². The lowest BCUT2D eigenvalue weighted by Gasteiger charge is -2.23. The van der Waals surface area contributed by atoms with Crippen molar-refractivity contribution in [3.63, 3.8) is 0 Å². The molecule has 2 aromatic carbocycles. The first-order valence-corrected chi connectivity index (χ1v) is 9.04. The molecular weight excluding hydrogens is 372 g/mol. The monoisotopic (exact) mass is 390 g/mol. The molecule has 6 nitrogen and oxygen atoms in total. The highest BCUT2D eigenvalue weighted by atomic mass is 16.4. The molecular formula is C23H18O6. The van der Waals surface area contributed by atoms with Crippen LogP contribution < -0.4 is 5.43 Å². The van der Waals surface area contributed by atoms with Crippen molar-refractivity contribution in [1.29, 1.82) is 0 Å². The second-order valence-corrected chi connectivity index (χ2v) is 7.42. The molecule has 1 aromatic heterocycles. The standard InChI is InChI=1S/C23H18O6/c1-4-8-23(3,28)16-10-15(25)17-11(2)9-13-19(22(17)29-16)21(27)18-12(20(13)26)6-5-7-14(18)24/h4-7,9-10,24,28H,1,8H2,2-3H3. The SMILES string of the molecule is C=CCC(C)(O)c1cc(=O)c2c(C)cc3c(c2o1)C(=O)c1c(O)cccc1C3=O. The summed E-state index contributed by atoms with van der Waals surface area (Å²) in [4.78, 5) is 39.1. The highest BCUT2D eigenvalue weighted by molar-refractivity contribution is 6.32. The number of ketones is 2. The van der Waals surface area contributed by atoms with Gasteiger partial charge < -0.3 is 14.6 Å². The van der Waals surface area contributed by atoms with Crippen molar-refractivity contribution in [3.05, 3.63) is 86.8 Å². The molecule has 1 aliphatic rings. The van der Waals surface area contributed by atoms with Gasteiger partial charge in [-0.05, 0) is 31.5 Å². The number of phenols is 1. The van der Waals surface area contributed by atoms with E-state index < -0.39 is 22.6 Å². The number of carbonyl (C=O) groups excluding carboxylic acids is 2. The van der Waals surface area contributed by atoms with Crippen LogP contribution in [-0.2, 0) is 5.60 Å². The fourth-order valence-electron chi connectivity index (χ4n) is 3.82. The van der Waals surface area contributed by atoms with E-state index in [4.69, 9.17) is 4.42 Å². The summed E-state index contributed by atoms with van der Waals surface area (Å²) in [6.45, 7) is 6.71. The largest absolute Gasteiger partial charge is 0.507 e. The van der Waals surface area contributed by atoms with Crippen LogP contribution in [-0.4, -0.2) is 21.8 Å². The predicted octanol–water partition coefficient (Wildman–Crippen LogP) is 3.37. The second kappa shape index (κ2) is 6.25. The molecule has 0 saturated carbocycles. The van der Waals surface area contributed by atoms with E-state index in [1.807, 2.05) is 0 Å². The summed E-state index contributed by atoms with van der Waals surface area (Å²) in [7, 11) is 0. The van der Waals surface area contributed by atoms with E-state index >= 15 is 0 Å². The van der Waals surface area contributed by atoms with Gasteiger partial charge in [0.25, 0.3) is 0 Å². The quantitative estimate of drug-likeness (QED) is 0.520. The van der Waals surface area contributed by atoms with Crippen molar-refractivity contribution in [2.75, 3.05) is 0 Å². The number of carbonyl (C=O) groups is 2. The zero-order valence-corrected chi connectivity index (χ0v) is 15.9. The Morgan fingerprint density at radius 2 is 1.83 bits per heavy atom. The Labute approximate surface area is 165 Å². The van der Waals surface area contributed by atoms with Crippen molar-refractivity contribution >= 4 is 22.5 Å². The minimum atomic E-state index is -1.52. The Balaban J connectivity index is 2.13. The number of fused-ring (bicyclic) bond motifs is 4. The summed E-state index contributed by atoms with van der Waals surface area (Å²) in [6, 6.07) is 6.96. The van der Waals surface area contributed by atoms with Gasteiger partial charge in [0.2, 0.25) is 5.78 Å². The van der Waals surface area contributed by atoms with E-state index in [0.29, 0.717) is 5.56 Å². The van der Waals surface area contributed by atoms with Crippen LogP contribution in [0.1, 0.15) is 56.5 Å². The molecule has 0 fully saturated rings. The molecule has 0 amide bonds. The summed E-state index contributed by atoms with van der Waals surface area (Å²) >= 11 is 0. The van der Waals surface area contributed by atoms with Gasteiger partial charge in [-0.15, -0.1) is 6.58 Å². The average Bonchev–Trinajstić information content (AvgIpc) is 2.65. The van der Waals surface area contributed by atoms with E-state index in [2.05, 4.69) is 6.58 Å². The first-order chi connectivity index (χ1) is 13.7. The first-order valence-electron chi connectivity index (χ1n) is 9.04. The van der Waals surface area contributed by atoms with Gasteiger partial charge in [0, 0.05) is 23.6 Å². The van der Waals surface area contributed by atoms with Crippen LogP contribution in [0.15, 0.2) is 52.2 Å². The number of hydrogen-bond donors (Lipinski definition) is 2. The highest BCUT2D eigenvalue weighted by Crippen LogP contribution is 2.38. The van der Waals surface area contributed by atoms with Crippen LogP contribution in [0.2, 0.25) is 0 Å². The maximum atomic E-state index is 13.2. The molecule has 0 aliphatic heterocycles. The summed E-state index contributed by atoms with van der Waals surface area (Å²) in [5, 5.41) is 21.0. The predicted molar refractivity (Wildman–Crippen MR) is 107 cm³/mol. The molecule has 4 rings (SSSR count). The van der Waals surface area contributed by atoms with Crippen molar-refractivity contribution in [3.8, 4) is 5.75 Å². The molecule has 2 N–H and O–H groups in total. The molecule has 0 spiro atoms. The van der Waals surface area contributed by atoms with Crippen LogP contribution in [0.3, 0.4) is 0 Å². The van der Waals surface area contributed by atoms with Crippen molar-refractivity contribution in [2.24, 2.45) is 0 Å². The Hall–Kier alpha value is -3.51. The Morgan fingerprint density at radius 3 is 2.52 bits per heavy atom. The lowest BCUT2D eigenvalue weighted by Crippen LogP contribution is -2.25. The zero-order valence-electron chi connectivity index (χ0n) is 15.9. The molecule has 0 radical (unpaired) electrons. The van der Waals surface area contributed by atoms with E-state index in [1.54, 1.807) is 6.92 Å². The summed E-state index contributed by atoms with van der Waals surface area (Å²) in [6.07, 6.45) is 1.60. The van der Waals surface area contributed by atoms with Crippen LogP contribution in [0.5, 0.6) is 5.75 Å². The summed E-state index contributed by atoms with van der Waals surface area (Å²) < 4.78 is 5.86. The van der Waals surface area contributed by atoms with Gasteiger partial charge in [0.1, 0.15) is 22.7 Å². The zero-order chi connectivity index (χ0) is 21.1. The normalized spacial score (nSPS) is 15.0. The molecule has 29 heavy (non-hydrogen) atoms. The Kier molecular flexibility index (Phi) is 4.06. The third-order valence-corrected chi connectivity index (χ3v) is 5.26.